The highest BCUT2D eigenvalue weighted by Gasteiger charge is 2.29. The second-order valence-corrected chi connectivity index (χ2v) is 4.17. The molecule has 0 atom stereocenters. The molecule has 0 fully saturated rings. The van der Waals surface area contributed by atoms with E-state index in [-0.39, 0.29) is 11.3 Å². The number of carbonyl (C=O) groups is 2. The van der Waals surface area contributed by atoms with E-state index in [1.165, 1.54) is 12.1 Å². The van der Waals surface area contributed by atoms with Crippen molar-refractivity contribution < 1.29 is 32.6 Å². The SMILES string of the molecule is O=C(Nc1cc(C(=O)O)ccc1Br)OCC(F)(F)F. The minimum absolute atomic E-state index is 0.00734. The minimum Gasteiger partial charge on any atom is -0.478 e. The van der Waals surface area contributed by atoms with Gasteiger partial charge in [-0.1, -0.05) is 0 Å². The molecule has 0 unspecified atom stereocenters. The maximum Gasteiger partial charge on any atom is 0.422 e. The Morgan fingerprint density at radius 3 is 2.53 bits per heavy atom. The van der Waals surface area contributed by atoms with Crippen molar-refractivity contribution in [2.75, 3.05) is 11.9 Å². The average Bonchev–Trinajstić information content (AvgIpc) is 2.28. The Hall–Kier alpha value is -1.77. The van der Waals surface area contributed by atoms with E-state index >= 15 is 0 Å². The quantitative estimate of drug-likeness (QED) is 0.884. The third kappa shape index (κ3) is 5.16. The maximum atomic E-state index is 11.8. The van der Waals surface area contributed by atoms with Crippen molar-refractivity contribution in [3.63, 3.8) is 0 Å². The molecule has 0 aromatic heterocycles. The first-order chi connectivity index (χ1) is 8.69. The molecule has 0 bridgehead atoms. The van der Waals surface area contributed by atoms with Crippen LogP contribution in [-0.2, 0) is 4.74 Å². The molecule has 0 saturated carbocycles. The van der Waals surface area contributed by atoms with E-state index in [4.69, 9.17) is 5.11 Å². The fourth-order valence-electron chi connectivity index (χ4n) is 1.05. The van der Waals surface area contributed by atoms with E-state index in [1.807, 2.05) is 5.32 Å². The number of carboxylic acids is 1. The molecular weight excluding hydrogens is 335 g/mol. The number of ether oxygens (including phenoxy) is 1. The van der Waals surface area contributed by atoms with E-state index < -0.39 is 24.8 Å². The lowest BCUT2D eigenvalue weighted by Gasteiger charge is -2.10. The standard InChI is InChI=1S/C10H7BrF3NO4/c11-6-2-1-5(8(16)17)3-7(6)15-9(18)19-4-10(12,13)14/h1-3H,4H2,(H,15,18)(H,16,17). The van der Waals surface area contributed by atoms with Crippen LogP contribution in [0.4, 0.5) is 23.7 Å². The molecule has 0 aliphatic heterocycles. The number of anilines is 1. The molecule has 0 aliphatic carbocycles. The Bertz CT molecular complexity index is 504. The first-order valence-corrected chi connectivity index (χ1v) is 5.52. The Balaban J connectivity index is 2.73. The largest absolute Gasteiger partial charge is 0.478 e. The van der Waals surface area contributed by atoms with Crippen molar-refractivity contribution in [2.24, 2.45) is 0 Å². The predicted molar refractivity (Wildman–Crippen MR) is 62.1 cm³/mol. The van der Waals surface area contributed by atoms with Gasteiger partial charge < -0.3 is 9.84 Å². The Morgan fingerprint density at radius 1 is 1.37 bits per heavy atom. The molecule has 9 heteroatoms. The molecule has 0 aliphatic rings. The molecular formula is C10H7BrF3NO4. The van der Waals surface area contributed by atoms with Gasteiger partial charge in [0.05, 0.1) is 11.3 Å². The summed E-state index contributed by atoms with van der Waals surface area (Å²) in [6.45, 7) is -1.73. The normalized spacial score (nSPS) is 10.9. The van der Waals surface area contributed by atoms with Crippen LogP contribution in [0.5, 0.6) is 0 Å². The van der Waals surface area contributed by atoms with Crippen molar-refractivity contribution >= 4 is 33.7 Å². The van der Waals surface area contributed by atoms with Crippen molar-refractivity contribution in [1.29, 1.82) is 0 Å². The summed E-state index contributed by atoms with van der Waals surface area (Å²) >= 11 is 3.01. The number of hydrogen-bond donors (Lipinski definition) is 2. The Kier molecular flexibility index (Phi) is 4.76. The van der Waals surface area contributed by atoms with Crippen molar-refractivity contribution in [3.8, 4) is 0 Å². The topological polar surface area (TPSA) is 75.6 Å². The van der Waals surface area contributed by atoms with Gasteiger partial charge in [0.2, 0.25) is 0 Å². The fourth-order valence-corrected chi connectivity index (χ4v) is 1.39. The maximum absolute atomic E-state index is 11.8. The van der Waals surface area contributed by atoms with Gasteiger partial charge in [-0.25, -0.2) is 9.59 Å². The fraction of sp³-hybridized carbons (Fsp3) is 0.200. The van der Waals surface area contributed by atoms with Crippen LogP contribution in [0.15, 0.2) is 22.7 Å². The lowest BCUT2D eigenvalue weighted by molar-refractivity contribution is -0.159. The van der Waals surface area contributed by atoms with Crippen LogP contribution in [0.25, 0.3) is 0 Å². The predicted octanol–water partition coefficient (Wildman–Crippen LogP) is 3.26. The summed E-state index contributed by atoms with van der Waals surface area (Å²) in [5, 5.41) is 10.7. The summed E-state index contributed by atoms with van der Waals surface area (Å²) in [5.41, 5.74) is -0.138. The number of rotatable bonds is 3. The monoisotopic (exact) mass is 341 g/mol. The number of carbonyl (C=O) groups excluding carboxylic acids is 1. The number of nitrogens with one attached hydrogen (secondary N) is 1. The molecule has 0 radical (unpaired) electrons. The lowest BCUT2D eigenvalue weighted by atomic mass is 10.2. The van der Waals surface area contributed by atoms with E-state index in [0.717, 1.165) is 6.07 Å². The summed E-state index contributed by atoms with van der Waals surface area (Å²) in [6.07, 6.45) is -5.96. The summed E-state index contributed by atoms with van der Waals surface area (Å²) in [7, 11) is 0. The molecule has 1 amide bonds. The summed E-state index contributed by atoms with van der Waals surface area (Å²) in [4.78, 5) is 21.8. The van der Waals surface area contributed by atoms with Crippen LogP contribution < -0.4 is 5.32 Å². The summed E-state index contributed by atoms with van der Waals surface area (Å²) < 4.78 is 39.7. The van der Waals surface area contributed by atoms with E-state index in [2.05, 4.69) is 20.7 Å². The lowest BCUT2D eigenvalue weighted by Crippen LogP contribution is -2.23. The zero-order valence-electron chi connectivity index (χ0n) is 9.12. The number of alkyl halides is 3. The van der Waals surface area contributed by atoms with Gasteiger partial charge in [0, 0.05) is 4.47 Å². The van der Waals surface area contributed by atoms with Gasteiger partial charge in [-0.3, -0.25) is 5.32 Å². The Morgan fingerprint density at radius 2 is 2.00 bits per heavy atom. The van der Waals surface area contributed by atoms with Crippen LogP contribution >= 0.6 is 15.9 Å². The number of halogens is 4. The molecule has 19 heavy (non-hydrogen) atoms. The number of hydrogen-bond acceptors (Lipinski definition) is 3. The van der Waals surface area contributed by atoms with E-state index in [1.54, 1.807) is 0 Å². The highest BCUT2D eigenvalue weighted by molar-refractivity contribution is 9.10. The summed E-state index contributed by atoms with van der Waals surface area (Å²) in [6, 6.07) is 3.68. The molecule has 0 heterocycles. The second-order valence-electron chi connectivity index (χ2n) is 3.32. The van der Waals surface area contributed by atoms with Crippen molar-refractivity contribution in [2.45, 2.75) is 6.18 Å². The van der Waals surface area contributed by atoms with Gasteiger partial charge in [0.1, 0.15) is 0 Å². The zero-order valence-corrected chi connectivity index (χ0v) is 10.7. The molecule has 2 N–H and O–H groups in total. The average molecular weight is 342 g/mol. The van der Waals surface area contributed by atoms with E-state index in [0.29, 0.717) is 4.47 Å². The van der Waals surface area contributed by atoms with E-state index in [9.17, 15) is 22.8 Å². The minimum atomic E-state index is -4.63. The molecule has 5 nitrogen and oxygen atoms in total. The zero-order chi connectivity index (χ0) is 14.6. The highest BCUT2D eigenvalue weighted by Crippen LogP contribution is 2.24. The number of benzene rings is 1. The smallest absolute Gasteiger partial charge is 0.422 e. The molecule has 0 saturated heterocycles. The van der Waals surface area contributed by atoms with Crippen LogP contribution in [0.2, 0.25) is 0 Å². The van der Waals surface area contributed by atoms with Crippen LogP contribution in [-0.4, -0.2) is 30.0 Å². The van der Waals surface area contributed by atoms with Gasteiger partial charge in [0.25, 0.3) is 0 Å². The molecule has 1 aromatic rings. The first-order valence-electron chi connectivity index (χ1n) is 4.72. The number of amides is 1. The molecule has 1 aromatic carbocycles. The van der Waals surface area contributed by atoms with Crippen molar-refractivity contribution in [3.05, 3.63) is 28.2 Å². The van der Waals surface area contributed by atoms with Gasteiger partial charge in [-0.15, -0.1) is 0 Å². The van der Waals surface area contributed by atoms with Crippen LogP contribution in [0.3, 0.4) is 0 Å². The van der Waals surface area contributed by atoms with Gasteiger partial charge in [-0.2, -0.15) is 13.2 Å². The van der Waals surface area contributed by atoms with Crippen LogP contribution in [0.1, 0.15) is 10.4 Å². The molecule has 104 valence electrons. The molecule has 0 spiro atoms. The van der Waals surface area contributed by atoms with Gasteiger partial charge >= 0.3 is 18.2 Å². The second kappa shape index (κ2) is 5.91. The highest BCUT2D eigenvalue weighted by atomic mass is 79.9. The third-order valence-electron chi connectivity index (χ3n) is 1.82. The number of aromatic carboxylic acids is 1. The van der Waals surface area contributed by atoms with Crippen LogP contribution in [0, 0.1) is 0 Å². The third-order valence-corrected chi connectivity index (χ3v) is 2.51. The van der Waals surface area contributed by atoms with Gasteiger partial charge in [-0.05, 0) is 34.1 Å². The first kappa shape index (κ1) is 15.3. The van der Waals surface area contributed by atoms with Gasteiger partial charge in [0.15, 0.2) is 6.61 Å². The molecule has 1 rings (SSSR count). The van der Waals surface area contributed by atoms with Crippen molar-refractivity contribution in [1.82, 2.24) is 0 Å². The Labute approximate surface area is 113 Å². The summed E-state index contributed by atoms with van der Waals surface area (Å²) in [5.74, 6) is -1.24. The number of carboxylic acid groups (broad SMARTS) is 1.